The van der Waals surface area contributed by atoms with Crippen LogP contribution in [0.3, 0.4) is 0 Å². The van der Waals surface area contributed by atoms with Crippen LogP contribution in [0.4, 0.5) is 5.69 Å². The van der Waals surface area contributed by atoms with Gasteiger partial charge in [0.15, 0.2) is 0 Å². The number of rotatable bonds is 5. The number of carbonyl (C=O) groups is 1. The number of methoxy groups -OCH3 is 1. The first kappa shape index (κ1) is 20.6. The van der Waals surface area contributed by atoms with Crippen LogP contribution in [-0.4, -0.2) is 59.7 Å². The Morgan fingerprint density at radius 2 is 1.80 bits per heavy atom. The molecule has 7 nitrogen and oxygen atoms in total. The third-order valence-electron chi connectivity index (χ3n) is 5.09. The second-order valence-corrected chi connectivity index (χ2v) is 9.94. The van der Waals surface area contributed by atoms with Gasteiger partial charge < -0.3 is 14.4 Å². The van der Waals surface area contributed by atoms with Gasteiger partial charge in [-0.05, 0) is 53.9 Å². The minimum Gasteiger partial charge on any atom is -0.497 e. The number of hydrogen-bond acceptors (Lipinski definition) is 6. The van der Waals surface area contributed by atoms with Gasteiger partial charge in [-0.3, -0.25) is 9.10 Å². The number of benzene rings is 2. The lowest BCUT2D eigenvalue weighted by atomic mass is 10.2. The monoisotopic (exact) mass is 446 g/mol. The Morgan fingerprint density at radius 3 is 2.47 bits per heavy atom. The molecule has 2 heterocycles. The Balaban J connectivity index is 1.61. The number of ether oxygens (including phenoxy) is 2. The van der Waals surface area contributed by atoms with Crippen molar-refractivity contribution in [1.29, 1.82) is 0 Å². The molecule has 0 bridgehead atoms. The molecule has 1 saturated heterocycles. The molecule has 0 unspecified atom stereocenters. The summed E-state index contributed by atoms with van der Waals surface area (Å²) in [6, 6.07) is 13.5. The SMILES string of the molecule is COc1ccc(S(=O)(=O)N(C)c2ccc3sc(C(=O)N4CCOCC4)cc3c2)cc1. The molecule has 1 aromatic heterocycles. The maximum absolute atomic E-state index is 13.0. The molecule has 0 N–H and O–H groups in total. The number of hydrogen-bond donors (Lipinski definition) is 0. The number of fused-ring (bicyclic) bond motifs is 1. The molecule has 1 aliphatic rings. The Labute approximate surface area is 179 Å². The first-order valence-electron chi connectivity index (χ1n) is 9.44. The molecule has 0 atom stereocenters. The van der Waals surface area contributed by atoms with Gasteiger partial charge >= 0.3 is 0 Å². The van der Waals surface area contributed by atoms with Crippen LogP contribution in [-0.2, 0) is 14.8 Å². The minimum absolute atomic E-state index is 0.0136. The van der Waals surface area contributed by atoms with E-state index in [1.807, 2.05) is 12.1 Å². The summed E-state index contributed by atoms with van der Waals surface area (Å²) in [5, 5.41) is 0.839. The molecule has 0 aliphatic carbocycles. The number of amides is 1. The second kappa shape index (κ2) is 8.25. The highest BCUT2D eigenvalue weighted by Gasteiger charge is 2.23. The summed E-state index contributed by atoms with van der Waals surface area (Å²) in [7, 11) is -0.668. The fourth-order valence-electron chi connectivity index (χ4n) is 3.30. The van der Waals surface area contributed by atoms with Gasteiger partial charge in [0, 0.05) is 24.8 Å². The number of carbonyl (C=O) groups excluding carboxylic acids is 1. The van der Waals surface area contributed by atoms with E-state index in [-0.39, 0.29) is 10.8 Å². The maximum atomic E-state index is 13.0. The van der Waals surface area contributed by atoms with Gasteiger partial charge in [-0.25, -0.2) is 8.42 Å². The molecule has 4 rings (SSSR count). The average Bonchev–Trinajstić information content (AvgIpc) is 3.22. The van der Waals surface area contributed by atoms with Gasteiger partial charge in [-0.2, -0.15) is 0 Å². The van der Waals surface area contributed by atoms with Gasteiger partial charge in [0.1, 0.15) is 5.75 Å². The maximum Gasteiger partial charge on any atom is 0.264 e. The van der Waals surface area contributed by atoms with Crippen LogP contribution >= 0.6 is 11.3 Å². The molecule has 0 radical (unpaired) electrons. The quantitative estimate of drug-likeness (QED) is 0.602. The predicted octanol–water partition coefficient (Wildman–Crippen LogP) is 3.21. The lowest BCUT2D eigenvalue weighted by molar-refractivity contribution is 0.0306. The van der Waals surface area contributed by atoms with Crippen LogP contribution in [0.15, 0.2) is 53.4 Å². The van der Waals surface area contributed by atoms with Gasteiger partial charge in [0.2, 0.25) is 0 Å². The van der Waals surface area contributed by atoms with E-state index in [1.165, 1.54) is 41.9 Å². The Morgan fingerprint density at radius 1 is 1.10 bits per heavy atom. The third kappa shape index (κ3) is 3.88. The largest absolute Gasteiger partial charge is 0.497 e. The molecule has 3 aromatic rings. The summed E-state index contributed by atoms with van der Waals surface area (Å²) < 4.78 is 38.6. The standard InChI is InChI=1S/C21H22N2O5S2/c1-22(30(25,26)18-6-4-17(27-2)5-7-18)16-3-8-19-15(13-16)14-20(29-19)21(24)23-9-11-28-12-10-23/h3-8,13-14H,9-12H2,1-2H3. The van der Waals surface area contributed by atoms with Crippen LogP contribution < -0.4 is 9.04 Å². The van der Waals surface area contributed by atoms with E-state index in [9.17, 15) is 13.2 Å². The van der Waals surface area contributed by atoms with E-state index in [4.69, 9.17) is 9.47 Å². The van der Waals surface area contributed by atoms with E-state index < -0.39 is 10.0 Å². The van der Waals surface area contributed by atoms with Crippen molar-refractivity contribution < 1.29 is 22.7 Å². The normalized spacial score (nSPS) is 14.7. The van der Waals surface area contributed by atoms with Crippen molar-refractivity contribution in [3.63, 3.8) is 0 Å². The molecule has 0 saturated carbocycles. The molecular weight excluding hydrogens is 424 g/mol. The van der Waals surface area contributed by atoms with Crippen LogP contribution in [0.25, 0.3) is 10.1 Å². The van der Waals surface area contributed by atoms with Crippen molar-refractivity contribution in [3.8, 4) is 5.75 Å². The van der Waals surface area contributed by atoms with E-state index >= 15 is 0 Å². The van der Waals surface area contributed by atoms with Crippen LogP contribution in [0.2, 0.25) is 0 Å². The Hall–Kier alpha value is -2.62. The zero-order chi connectivity index (χ0) is 21.3. The number of anilines is 1. The van der Waals surface area contributed by atoms with Crippen LogP contribution in [0, 0.1) is 0 Å². The van der Waals surface area contributed by atoms with Gasteiger partial charge in [0.25, 0.3) is 15.9 Å². The number of nitrogens with zero attached hydrogens (tertiary/aromatic N) is 2. The van der Waals surface area contributed by atoms with Gasteiger partial charge in [-0.1, -0.05) is 0 Å². The van der Waals surface area contributed by atoms with E-state index in [1.54, 1.807) is 29.2 Å². The minimum atomic E-state index is -3.72. The van der Waals surface area contributed by atoms with E-state index in [2.05, 4.69) is 0 Å². The highest BCUT2D eigenvalue weighted by molar-refractivity contribution is 7.92. The molecule has 9 heteroatoms. The average molecular weight is 447 g/mol. The smallest absolute Gasteiger partial charge is 0.264 e. The number of sulfonamides is 1. The molecule has 1 amide bonds. The van der Waals surface area contributed by atoms with Gasteiger partial charge in [-0.15, -0.1) is 11.3 Å². The van der Waals surface area contributed by atoms with Crippen molar-refractivity contribution in [1.82, 2.24) is 4.90 Å². The lowest BCUT2D eigenvalue weighted by Gasteiger charge is -2.26. The van der Waals surface area contributed by atoms with E-state index in [0.717, 1.165) is 10.1 Å². The lowest BCUT2D eigenvalue weighted by Crippen LogP contribution is -2.40. The van der Waals surface area contributed by atoms with Crippen molar-refractivity contribution in [3.05, 3.63) is 53.4 Å². The molecule has 30 heavy (non-hydrogen) atoms. The Bertz CT molecular complexity index is 1170. The highest BCUT2D eigenvalue weighted by Crippen LogP contribution is 2.32. The summed E-state index contributed by atoms with van der Waals surface area (Å²) in [5.74, 6) is 0.578. The first-order chi connectivity index (χ1) is 14.4. The summed E-state index contributed by atoms with van der Waals surface area (Å²) in [6.45, 7) is 2.27. The third-order valence-corrected chi connectivity index (χ3v) is 7.99. The Kier molecular flexibility index (Phi) is 5.68. The number of thiophene rings is 1. The first-order valence-corrected chi connectivity index (χ1v) is 11.7. The molecule has 158 valence electrons. The summed E-state index contributed by atoms with van der Waals surface area (Å²) in [5.41, 5.74) is 0.529. The fourth-order valence-corrected chi connectivity index (χ4v) is 5.50. The predicted molar refractivity (Wildman–Crippen MR) is 117 cm³/mol. The van der Waals surface area contributed by atoms with Crippen molar-refractivity contribution >= 4 is 43.0 Å². The summed E-state index contributed by atoms with van der Waals surface area (Å²) >= 11 is 1.41. The highest BCUT2D eigenvalue weighted by atomic mass is 32.2. The van der Waals surface area contributed by atoms with Crippen LogP contribution in [0.5, 0.6) is 5.75 Å². The molecule has 2 aromatic carbocycles. The van der Waals surface area contributed by atoms with Gasteiger partial charge in [0.05, 0.1) is 35.8 Å². The van der Waals surface area contributed by atoms with Crippen LogP contribution in [0.1, 0.15) is 9.67 Å². The van der Waals surface area contributed by atoms with Crippen molar-refractivity contribution in [2.45, 2.75) is 4.90 Å². The van der Waals surface area contributed by atoms with E-state index in [0.29, 0.717) is 42.6 Å². The molecule has 1 aliphatic heterocycles. The van der Waals surface area contributed by atoms with Crippen molar-refractivity contribution in [2.24, 2.45) is 0 Å². The molecular formula is C21H22N2O5S2. The van der Waals surface area contributed by atoms with Crippen molar-refractivity contribution in [2.75, 3.05) is 44.8 Å². The topological polar surface area (TPSA) is 76.2 Å². The second-order valence-electron chi connectivity index (χ2n) is 6.89. The molecule has 0 spiro atoms. The summed E-state index contributed by atoms with van der Waals surface area (Å²) in [4.78, 5) is 15.4. The number of morpholine rings is 1. The zero-order valence-electron chi connectivity index (χ0n) is 16.7. The zero-order valence-corrected chi connectivity index (χ0v) is 18.3. The molecule has 1 fully saturated rings. The fraction of sp³-hybridized carbons (Fsp3) is 0.286. The summed E-state index contributed by atoms with van der Waals surface area (Å²) in [6.07, 6.45) is 0.